The van der Waals surface area contributed by atoms with Gasteiger partial charge in [-0.25, -0.2) is 4.98 Å². The van der Waals surface area contributed by atoms with Gasteiger partial charge in [0.2, 0.25) is 0 Å². The minimum absolute atomic E-state index is 0.472. The van der Waals surface area contributed by atoms with Crippen molar-refractivity contribution in [2.45, 2.75) is 6.42 Å². The van der Waals surface area contributed by atoms with Gasteiger partial charge in [0.05, 0.1) is 7.11 Å². The molecule has 0 aliphatic heterocycles. The van der Waals surface area contributed by atoms with Gasteiger partial charge in [-0.3, -0.25) is 0 Å². The third kappa shape index (κ3) is 1.87. The van der Waals surface area contributed by atoms with E-state index in [0.29, 0.717) is 18.1 Å². The van der Waals surface area contributed by atoms with E-state index in [1.165, 1.54) is 0 Å². The molecule has 0 aromatic carbocycles. The van der Waals surface area contributed by atoms with Crippen molar-refractivity contribution in [3.05, 3.63) is 23.0 Å². The van der Waals surface area contributed by atoms with Crippen LogP contribution in [0.3, 0.4) is 0 Å². The molecular weight excluding hydrogens is 176 g/mol. The minimum Gasteiger partial charge on any atom is -0.496 e. The van der Waals surface area contributed by atoms with Crippen molar-refractivity contribution >= 4 is 11.6 Å². The number of pyridine rings is 1. The molecule has 0 atom stereocenters. The van der Waals surface area contributed by atoms with Crippen LogP contribution >= 0.6 is 11.6 Å². The fourth-order valence-corrected chi connectivity index (χ4v) is 1.26. The lowest BCUT2D eigenvalue weighted by atomic mass is 10.2. The standard InChI is InChI=1S/C8H11ClN2O/c1-12-7-3-5-11-8(9)6(7)2-4-10/h3,5H,2,4,10H2,1H3. The van der Waals surface area contributed by atoms with Crippen LogP contribution in [0.2, 0.25) is 5.15 Å². The number of ether oxygens (including phenoxy) is 1. The quantitative estimate of drug-likeness (QED) is 0.723. The van der Waals surface area contributed by atoms with Crippen LogP contribution < -0.4 is 10.5 Å². The predicted octanol–water partition coefficient (Wildman–Crippen LogP) is 1.24. The van der Waals surface area contributed by atoms with E-state index in [2.05, 4.69) is 4.98 Å². The highest BCUT2D eigenvalue weighted by Crippen LogP contribution is 2.23. The Morgan fingerprint density at radius 2 is 2.42 bits per heavy atom. The Hall–Kier alpha value is -0.800. The van der Waals surface area contributed by atoms with Gasteiger partial charge in [0.25, 0.3) is 0 Å². The molecule has 1 aromatic heterocycles. The second-order valence-electron chi connectivity index (χ2n) is 2.32. The fourth-order valence-electron chi connectivity index (χ4n) is 1.01. The summed E-state index contributed by atoms with van der Waals surface area (Å²) in [5.74, 6) is 0.750. The number of nitrogens with zero attached hydrogens (tertiary/aromatic N) is 1. The highest BCUT2D eigenvalue weighted by atomic mass is 35.5. The average molecular weight is 187 g/mol. The van der Waals surface area contributed by atoms with Crippen molar-refractivity contribution in [1.29, 1.82) is 0 Å². The van der Waals surface area contributed by atoms with E-state index in [0.717, 1.165) is 11.3 Å². The zero-order valence-corrected chi connectivity index (χ0v) is 7.64. The minimum atomic E-state index is 0.472. The van der Waals surface area contributed by atoms with E-state index in [4.69, 9.17) is 22.1 Å². The first-order chi connectivity index (χ1) is 5.79. The van der Waals surface area contributed by atoms with Crippen LogP contribution in [0.1, 0.15) is 5.56 Å². The van der Waals surface area contributed by atoms with Gasteiger partial charge >= 0.3 is 0 Å². The Labute approximate surface area is 76.5 Å². The van der Waals surface area contributed by atoms with Gasteiger partial charge in [0, 0.05) is 11.8 Å². The first kappa shape index (κ1) is 9.29. The zero-order chi connectivity index (χ0) is 8.97. The second-order valence-corrected chi connectivity index (χ2v) is 2.68. The second kappa shape index (κ2) is 4.28. The van der Waals surface area contributed by atoms with Crippen molar-refractivity contribution in [3.8, 4) is 5.75 Å². The maximum absolute atomic E-state index is 5.84. The molecule has 1 heterocycles. The van der Waals surface area contributed by atoms with Gasteiger partial charge in [-0.05, 0) is 19.0 Å². The molecule has 0 unspecified atom stereocenters. The molecular formula is C8H11ClN2O. The smallest absolute Gasteiger partial charge is 0.135 e. The number of hydrogen-bond acceptors (Lipinski definition) is 3. The topological polar surface area (TPSA) is 48.1 Å². The van der Waals surface area contributed by atoms with Crippen LogP contribution in [0.25, 0.3) is 0 Å². The van der Waals surface area contributed by atoms with Gasteiger partial charge in [-0.15, -0.1) is 0 Å². The fraction of sp³-hybridized carbons (Fsp3) is 0.375. The van der Waals surface area contributed by atoms with E-state index in [-0.39, 0.29) is 0 Å². The summed E-state index contributed by atoms with van der Waals surface area (Å²) in [6.07, 6.45) is 2.30. The Morgan fingerprint density at radius 1 is 1.67 bits per heavy atom. The van der Waals surface area contributed by atoms with Crippen LogP contribution in [0.5, 0.6) is 5.75 Å². The van der Waals surface area contributed by atoms with Gasteiger partial charge in [0.1, 0.15) is 10.9 Å². The summed E-state index contributed by atoms with van der Waals surface area (Å²) in [4.78, 5) is 3.94. The van der Waals surface area contributed by atoms with Gasteiger partial charge < -0.3 is 10.5 Å². The molecule has 4 heteroatoms. The van der Waals surface area contributed by atoms with Gasteiger partial charge in [-0.2, -0.15) is 0 Å². The van der Waals surface area contributed by atoms with E-state index < -0.39 is 0 Å². The Morgan fingerprint density at radius 3 is 3.00 bits per heavy atom. The third-order valence-electron chi connectivity index (χ3n) is 1.57. The molecule has 1 aromatic rings. The molecule has 0 bridgehead atoms. The molecule has 0 saturated carbocycles. The summed E-state index contributed by atoms with van der Waals surface area (Å²) >= 11 is 5.84. The molecule has 1 rings (SSSR count). The SMILES string of the molecule is COc1ccnc(Cl)c1CCN. The van der Waals surface area contributed by atoms with E-state index in [1.807, 2.05) is 0 Å². The summed E-state index contributed by atoms with van der Waals surface area (Å²) < 4.78 is 5.10. The van der Waals surface area contributed by atoms with Crippen LogP contribution in [0.4, 0.5) is 0 Å². The van der Waals surface area contributed by atoms with Crippen LogP contribution in [-0.2, 0) is 6.42 Å². The Bertz CT molecular complexity index is 265. The summed E-state index contributed by atoms with van der Waals surface area (Å²) in [5, 5.41) is 0.472. The third-order valence-corrected chi connectivity index (χ3v) is 1.90. The van der Waals surface area contributed by atoms with Crippen LogP contribution in [0, 0.1) is 0 Å². The monoisotopic (exact) mass is 186 g/mol. The normalized spacial score (nSPS) is 9.92. The number of hydrogen-bond donors (Lipinski definition) is 1. The van der Waals surface area contributed by atoms with Crippen LogP contribution in [-0.4, -0.2) is 18.6 Å². The Balaban J connectivity index is 3.02. The number of rotatable bonds is 3. The van der Waals surface area contributed by atoms with E-state index >= 15 is 0 Å². The lowest BCUT2D eigenvalue weighted by Crippen LogP contribution is -2.05. The number of nitrogens with two attached hydrogens (primary N) is 1. The molecule has 66 valence electrons. The zero-order valence-electron chi connectivity index (χ0n) is 6.88. The first-order valence-electron chi connectivity index (χ1n) is 3.67. The highest BCUT2D eigenvalue weighted by molar-refractivity contribution is 6.30. The lowest BCUT2D eigenvalue weighted by Gasteiger charge is -2.07. The van der Waals surface area contributed by atoms with Crippen molar-refractivity contribution in [2.75, 3.05) is 13.7 Å². The lowest BCUT2D eigenvalue weighted by molar-refractivity contribution is 0.409. The van der Waals surface area contributed by atoms with Crippen molar-refractivity contribution in [3.63, 3.8) is 0 Å². The van der Waals surface area contributed by atoms with E-state index in [9.17, 15) is 0 Å². The highest BCUT2D eigenvalue weighted by Gasteiger charge is 2.06. The molecule has 3 nitrogen and oxygen atoms in total. The molecule has 12 heavy (non-hydrogen) atoms. The molecule has 0 aliphatic carbocycles. The molecule has 0 spiro atoms. The summed E-state index contributed by atoms with van der Waals surface area (Å²) in [7, 11) is 1.60. The molecule has 0 saturated heterocycles. The summed E-state index contributed by atoms with van der Waals surface area (Å²) in [5.41, 5.74) is 6.29. The van der Waals surface area contributed by atoms with Gasteiger partial charge in [0.15, 0.2) is 0 Å². The number of methoxy groups -OCH3 is 1. The number of aromatic nitrogens is 1. The average Bonchev–Trinajstić information content (AvgIpc) is 2.09. The molecule has 0 amide bonds. The van der Waals surface area contributed by atoms with Gasteiger partial charge in [-0.1, -0.05) is 11.6 Å². The van der Waals surface area contributed by atoms with Crippen molar-refractivity contribution < 1.29 is 4.74 Å². The van der Waals surface area contributed by atoms with Crippen molar-refractivity contribution in [2.24, 2.45) is 5.73 Å². The predicted molar refractivity (Wildman–Crippen MR) is 48.6 cm³/mol. The summed E-state index contributed by atoms with van der Waals surface area (Å²) in [6.45, 7) is 0.543. The Kier molecular flexibility index (Phi) is 3.31. The molecule has 0 aliphatic rings. The van der Waals surface area contributed by atoms with Crippen LogP contribution in [0.15, 0.2) is 12.3 Å². The first-order valence-corrected chi connectivity index (χ1v) is 4.04. The van der Waals surface area contributed by atoms with E-state index in [1.54, 1.807) is 19.4 Å². The van der Waals surface area contributed by atoms with Crippen molar-refractivity contribution in [1.82, 2.24) is 4.98 Å². The number of halogens is 1. The largest absolute Gasteiger partial charge is 0.496 e. The maximum Gasteiger partial charge on any atom is 0.135 e. The molecule has 2 N–H and O–H groups in total. The molecule has 0 fully saturated rings. The molecule has 0 radical (unpaired) electrons. The maximum atomic E-state index is 5.84. The summed E-state index contributed by atoms with van der Waals surface area (Å²) in [6, 6.07) is 1.77.